The van der Waals surface area contributed by atoms with Gasteiger partial charge in [0.2, 0.25) is 0 Å². The highest BCUT2D eigenvalue weighted by molar-refractivity contribution is 6.29. The van der Waals surface area contributed by atoms with Crippen molar-refractivity contribution in [2.24, 2.45) is 0 Å². The molecule has 0 aliphatic rings. The van der Waals surface area contributed by atoms with Crippen LogP contribution in [0.2, 0.25) is 5.15 Å². The summed E-state index contributed by atoms with van der Waals surface area (Å²) in [7, 11) is 0. The first-order valence-electron chi connectivity index (χ1n) is 4.30. The predicted molar refractivity (Wildman–Crippen MR) is 55.2 cm³/mol. The first kappa shape index (κ1) is 12.4. The zero-order valence-electron chi connectivity index (χ0n) is 8.05. The van der Waals surface area contributed by atoms with Crippen molar-refractivity contribution >= 4 is 23.5 Å². The molecule has 7 heteroatoms. The van der Waals surface area contributed by atoms with Crippen molar-refractivity contribution < 1.29 is 19.8 Å². The number of hydrogen-bond acceptors (Lipinski definition) is 4. The lowest BCUT2D eigenvalue weighted by molar-refractivity contribution is -0.140. The summed E-state index contributed by atoms with van der Waals surface area (Å²) in [5, 5.41) is 19.7. The molecular formula is C9H9ClN2O4. The summed E-state index contributed by atoms with van der Waals surface area (Å²) in [5.41, 5.74) is 0.170. The smallest absolute Gasteiger partial charge is 0.328 e. The van der Waals surface area contributed by atoms with Crippen molar-refractivity contribution in [3.8, 4) is 0 Å². The van der Waals surface area contributed by atoms with Crippen LogP contribution in [-0.2, 0) is 4.79 Å². The van der Waals surface area contributed by atoms with E-state index in [0.717, 1.165) is 0 Å². The zero-order valence-corrected chi connectivity index (χ0v) is 8.81. The van der Waals surface area contributed by atoms with E-state index >= 15 is 0 Å². The number of aliphatic hydroxyl groups is 1. The number of nitrogens with zero attached hydrogens (tertiary/aromatic N) is 1. The number of carbonyl (C=O) groups is 2. The molecule has 0 saturated carbocycles. The van der Waals surface area contributed by atoms with E-state index in [0.29, 0.717) is 0 Å². The van der Waals surface area contributed by atoms with Crippen LogP contribution in [-0.4, -0.2) is 39.7 Å². The number of nitrogens with one attached hydrogen (secondary N) is 1. The van der Waals surface area contributed by atoms with E-state index < -0.39 is 24.5 Å². The van der Waals surface area contributed by atoms with Crippen molar-refractivity contribution in [1.29, 1.82) is 0 Å². The SMILES string of the molecule is O=C(N[C@@H](CO)C(=O)O)c1ccc(Cl)nc1. The van der Waals surface area contributed by atoms with E-state index in [1.165, 1.54) is 18.3 Å². The molecular weight excluding hydrogens is 236 g/mol. The van der Waals surface area contributed by atoms with Crippen molar-refractivity contribution in [3.63, 3.8) is 0 Å². The van der Waals surface area contributed by atoms with Crippen molar-refractivity contribution in [2.75, 3.05) is 6.61 Å². The summed E-state index contributed by atoms with van der Waals surface area (Å²) in [4.78, 5) is 25.7. The minimum Gasteiger partial charge on any atom is -0.480 e. The summed E-state index contributed by atoms with van der Waals surface area (Å²) >= 11 is 5.52. The molecule has 3 N–H and O–H groups in total. The van der Waals surface area contributed by atoms with Gasteiger partial charge in [-0.3, -0.25) is 4.79 Å². The van der Waals surface area contributed by atoms with Gasteiger partial charge in [0, 0.05) is 6.20 Å². The molecule has 1 aromatic rings. The minimum atomic E-state index is -1.33. The molecule has 0 aliphatic heterocycles. The standard InChI is InChI=1S/C9H9ClN2O4/c10-7-2-1-5(3-11-7)8(14)12-6(4-13)9(15)16/h1-3,6,13H,4H2,(H,12,14)(H,15,16)/t6-/m0/s1. The van der Waals surface area contributed by atoms with Crippen LogP contribution in [0.5, 0.6) is 0 Å². The normalized spacial score (nSPS) is 11.9. The number of pyridine rings is 1. The molecule has 0 unspecified atom stereocenters. The number of amides is 1. The van der Waals surface area contributed by atoms with Gasteiger partial charge in [0.1, 0.15) is 5.15 Å². The van der Waals surface area contributed by atoms with Gasteiger partial charge in [-0.2, -0.15) is 0 Å². The minimum absolute atomic E-state index is 0.170. The van der Waals surface area contributed by atoms with Gasteiger partial charge in [0.05, 0.1) is 12.2 Å². The molecule has 1 amide bonds. The first-order chi connectivity index (χ1) is 7.54. The van der Waals surface area contributed by atoms with Crippen LogP contribution in [0.15, 0.2) is 18.3 Å². The van der Waals surface area contributed by atoms with Crippen LogP contribution >= 0.6 is 11.6 Å². The van der Waals surface area contributed by atoms with Crippen molar-refractivity contribution in [3.05, 3.63) is 29.0 Å². The summed E-state index contributed by atoms with van der Waals surface area (Å²) in [6.07, 6.45) is 1.22. The Kier molecular flexibility index (Phi) is 4.21. The molecule has 0 fully saturated rings. The molecule has 86 valence electrons. The topological polar surface area (TPSA) is 99.5 Å². The Labute approximate surface area is 95.9 Å². The van der Waals surface area contributed by atoms with Crippen molar-refractivity contribution in [1.82, 2.24) is 10.3 Å². The zero-order chi connectivity index (χ0) is 12.1. The van der Waals surface area contributed by atoms with Crippen LogP contribution in [0.3, 0.4) is 0 Å². The molecule has 6 nitrogen and oxygen atoms in total. The Morgan fingerprint density at radius 1 is 1.50 bits per heavy atom. The summed E-state index contributed by atoms with van der Waals surface area (Å²) in [6.45, 7) is -0.678. The van der Waals surface area contributed by atoms with Gasteiger partial charge in [-0.15, -0.1) is 0 Å². The third-order valence-corrected chi connectivity index (χ3v) is 2.00. The Morgan fingerprint density at radius 3 is 2.62 bits per heavy atom. The van der Waals surface area contributed by atoms with E-state index in [2.05, 4.69) is 10.3 Å². The van der Waals surface area contributed by atoms with E-state index in [-0.39, 0.29) is 10.7 Å². The second-order valence-electron chi connectivity index (χ2n) is 2.92. The molecule has 0 aliphatic carbocycles. The fourth-order valence-corrected chi connectivity index (χ4v) is 1.05. The third-order valence-electron chi connectivity index (χ3n) is 1.78. The van der Waals surface area contributed by atoms with Gasteiger partial charge in [0.25, 0.3) is 5.91 Å². The highest BCUT2D eigenvalue weighted by Gasteiger charge is 2.19. The molecule has 1 aromatic heterocycles. The van der Waals surface area contributed by atoms with Crippen LogP contribution in [0, 0.1) is 0 Å². The maximum absolute atomic E-state index is 11.5. The molecule has 1 atom stereocenters. The third kappa shape index (κ3) is 3.18. The second kappa shape index (κ2) is 5.43. The number of carboxylic acids is 1. The van der Waals surface area contributed by atoms with E-state index in [4.69, 9.17) is 21.8 Å². The Morgan fingerprint density at radius 2 is 2.19 bits per heavy atom. The summed E-state index contributed by atoms with van der Waals surface area (Å²) < 4.78 is 0. The summed E-state index contributed by atoms with van der Waals surface area (Å²) in [6, 6.07) is 1.48. The molecule has 0 radical (unpaired) electrons. The van der Waals surface area contributed by atoms with E-state index in [1.807, 2.05) is 0 Å². The molecule has 0 bridgehead atoms. The lowest BCUT2D eigenvalue weighted by atomic mass is 10.2. The maximum Gasteiger partial charge on any atom is 0.328 e. The number of halogens is 1. The van der Waals surface area contributed by atoms with E-state index in [9.17, 15) is 9.59 Å². The molecule has 0 aromatic carbocycles. The largest absolute Gasteiger partial charge is 0.480 e. The fraction of sp³-hybridized carbons (Fsp3) is 0.222. The number of aromatic nitrogens is 1. The number of aliphatic hydroxyl groups excluding tert-OH is 1. The lowest BCUT2D eigenvalue weighted by Crippen LogP contribution is -2.43. The first-order valence-corrected chi connectivity index (χ1v) is 4.68. The molecule has 1 rings (SSSR count). The highest BCUT2D eigenvalue weighted by Crippen LogP contribution is 2.05. The van der Waals surface area contributed by atoms with Gasteiger partial charge >= 0.3 is 5.97 Å². The molecule has 0 spiro atoms. The number of hydrogen-bond donors (Lipinski definition) is 3. The van der Waals surface area contributed by atoms with Crippen LogP contribution < -0.4 is 5.32 Å². The highest BCUT2D eigenvalue weighted by atomic mass is 35.5. The average molecular weight is 245 g/mol. The number of rotatable bonds is 4. The van der Waals surface area contributed by atoms with Crippen LogP contribution in [0.1, 0.15) is 10.4 Å². The Bertz CT molecular complexity index is 393. The van der Waals surface area contributed by atoms with Gasteiger partial charge < -0.3 is 15.5 Å². The molecule has 1 heterocycles. The number of carboxylic acid groups (broad SMARTS) is 1. The number of aliphatic carboxylic acids is 1. The van der Waals surface area contributed by atoms with Crippen LogP contribution in [0.4, 0.5) is 0 Å². The molecule has 0 saturated heterocycles. The molecule has 16 heavy (non-hydrogen) atoms. The van der Waals surface area contributed by atoms with E-state index in [1.54, 1.807) is 0 Å². The predicted octanol–water partition coefficient (Wildman–Crippen LogP) is -0.0897. The van der Waals surface area contributed by atoms with Gasteiger partial charge in [0.15, 0.2) is 6.04 Å². The maximum atomic E-state index is 11.5. The van der Waals surface area contributed by atoms with Gasteiger partial charge in [-0.05, 0) is 12.1 Å². The van der Waals surface area contributed by atoms with Gasteiger partial charge in [-0.25, -0.2) is 9.78 Å². The average Bonchev–Trinajstić information content (AvgIpc) is 2.26. The summed E-state index contributed by atoms with van der Waals surface area (Å²) in [5.74, 6) is -1.94. The quantitative estimate of drug-likeness (QED) is 0.643. The second-order valence-corrected chi connectivity index (χ2v) is 3.30. The number of carbonyl (C=O) groups excluding carboxylic acids is 1. The fourth-order valence-electron chi connectivity index (χ4n) is 0.937. The monoisotopic (exact) mass is 244 g/mol. The Balaban J connectivity index is 2.71. The lowest BCUT2D eigenvalue weighted by Gasteiger charge is -2.11. The van der Waals surface area contributed by atoms with Crippen LogP contribution in [0.25, 0.3) is 0 Å². The van der Waals surface area contributed by atoms with Crippen molar-refractivity contribution in [2.45, 2.75) is 6.04 Å². The Hall–Kier alpha value is -1.66. The van der Waals surface area contributed by atoms with Gasteiger partial charge in [-0.1, -0.05) is 11.6 Å².